The van der Waals surface area contributed by atoms with Gasteiger partial charge >= 0.3 is 6.18 Å². The van der Waals surface area contributed by atoms with Gasteiger partial charge in [0.25, 0.3) is 5.91 Å². The first-order chi connectivity index (χ1) is 8.78. The summed E-state index contributed by atoms with van der Waals surface area (Å²) in [5, 5.41) is 2.30. The monoisotopic (exact) mass is 296 g/mol. The number of amides is 1. The molecule has 0 aliphatic carbocycles. The number of carbonyl (C=O) groups is 1. The highest BCUT2D eigenvalue weighted by molar-refractivity contribution is 7.18. The molecule has 19 heavy (non-hydrogen) atoms. The summed E-state index contributed by atoms with van der Waals surface area (Å²) in [6.45, 7) is 3.78. The maximum absolute atomic E-state index is 12.0. The van der Waals surface area contributed by atoms with Crippen LogP contribution in [-0.4, -0.2) is 36.7 Å². The molecule has 0 saturated carbocycles. The summed E-state index contributed by atoms with van der Waals surface area (Å²) in [4.78, 5) is 17.5. The van der Waals surface area contributed by atoms with Crippen LogP contribution in [0.3, 0.4) is 0 Å². The normalized spacial score (nSPS) is 11.4. The number of anilines is 2. The number of nitrogen functional groups attached to an aromatic ring is 1. The van der Waals surface area contributed by atoms with Crippen LogP contribution < -0.4 is 16.0 Å². The van der Waals surface area contributed by atoms with E-state index in [0.717, 1.165) is 11.3 Å². The van der Waals surface area contributed by atoms with E-state index in [1.165, 1.54) is 0 Å². The van der Waals surface area contributed by atoms with Crippen molar-refractivity contribution in [2.24, 2.45) is 0 Å². The smallest absolute Gasteiger partial charge is 0.382 e. The van der Waals surface area contributed by atoms with Crippen LogP contribution in [-0.2, 0) is 0 Å². The quantitative estimate of drug-likeness (QED) is 0.870. The number of thiazole rings is 1. The van der Waals surface area contributed by atoms with Crippen molar-refractivity contribution in [2.75, 3.05) is 30.3 Å². The molecule has 0 saturated heterocycles. The molecule has 5 nitrogen and oxygen atoms in total. The van der Waals surface area contributed by atoms with E-state index < -0.39 is 18.6 Å². The lowest BCUT2D eigenvalue weighted by atomic mass is 10.4. The first kappa shape index (κ1) is 15.5. The van der Waals surface area contributed by atoms with Crippen LogP contribution in [0.2, 0.25) is 0 Å². The molecule has 3 N–H and O–H groups in total. The second kappa shape index (κ2) is 6.09. The topological polar surface area (TPSA) is 71.2 Å². The molecule has 0 radical (unpaired) electrons. The Morgan fingerprint density at radius 2 is 2.00 bits per heavy atom. The molecule has 0 aromatic carbocycles. The molecule has 108 valence electrons. The Labute approximate surface area is 112 Å². The molecule has 1 heterocycles. The molecule has 1 rings (SSSR count). The number of rotatable bonds is 5. The fourth-order valence-corrected chi connectivity index (χ4v) is 2.40. The molecule has 0 spiro atoms. The number of carbonyl (C=O) groups excluding carboxylic acids is 1. The molecule has 0 aliphatic rings. The van der Waals surface area contributed by atoms with Gasteiger partial charge in [-0.25, -0.2) is 4.98 Å². The second-order valence-corrected chi connectivity index (χ2v) is 4.66. The Bertz CT molecular complexity index is 442. The zero-order chi connectivity index (χ0) is 14.6. The maximum Gasteiger partial charge on any atom is 0.405 e. The molecule has 1 aromatic heterocycles. The summed E-state index contributed by atoms with van der Waals surface area (Å²) in [6, 6.07) is 0. The second-order valence-electron chi connectivity index (χ2n) is 3.68. The van der Waals surface area contributed by atoms with Crippen molar-refractivity contribution in [3.8, 4) is 0 Å². The summed E-state index contributed by atoms with van der Waals surface area (Å²) in [5.74, 6) is -0.905. The van der Waals surface area contributed by atoms with E-state index in [0.29, 0.717) is 18.2 Å². The van der Waals surface area contributed by atoms with E-state index in [1.54, 1.807) is 5.32 Å². The molecule has 0 atom stereocenters. The van der Waals surface area contributed by atoms with Gasteiger partial charge in [0.05, 0.1) is 0 Å². The van der Waals surface area contributed by atoms with E-state index in [9.17, 15) is 18.0 Å². The number of hydrogen-bond acceptors (Lipinski definition) is 5. The number of alkyl halides is 3. The van der Waals surface area contributed by atoms with E-state index in [2.05, 4.69) is 4.98 Å². The van der Waals surface area contributed by atoms with Crippen molar-refractivity contribution in [3.63, 3.8) is 0 Å². The van der Waals surface area contributed by atoms with E-state index in [-0.39, 0.29) is 10.7 Å². The van der Waals surface area contributed by atoms with Crippen LogP contribution in [0.15, 0.2) is 0 Å². The fraction of sp³-hybridized carbons (Fsp3) is 0.600. The van der Waals surface area contributed by atoms with Gasteiger partial charge < -0.3 is 16.0 Å². The van der Waals surface area contributed by atoms with Crippen molar-refractivity contribution in [3.05, 3.63) is 4.88 Å². The largest absolute Gasteiger partial charge is 0.405 e. The highest BCUT2D eigenvalue weighted by atomic mass is 32.1. The molecule has 0 bridgehead atoms. The number of halogens is 3. The Morgan fingerprint density at radius 3 is 2.47 bits per heavy atom. The van der Waals surface area contributed by atoms with Gasteiger partial charge in [0.15, 0.2) is 5.13 Å². The average molecular weight is 296 g/mol. The van der Waals surface area contributed by atoms with Crippen molar-refractivity contribution >= 4 is 28.2 Å². The molecule has 0 fully saturated rings. The van der Waals surface area contributed by atoms with Crippen molar-refractivity contribution in [1.29, 1.82) is 0 Å². The van der Waals surface area contributed by atoms with Gasteiger partial charge in [-0.05, 0) is 13.8 Å². The first-order valence-electron chi connectivity index (χ1n) is 5.64. The lowest BCUT2D eigenvalue weighted by Gasteiger charge is -2.16. The lowest BCUT2D eigenvalue weighted by Crippen LogP contribution is -2.33. The maximum atomic E-state index is 12.0. The molecule has 9 heteroatoms. The lowest BCUT2D eigenvalue weighted by molar-refractivity contribution is -0.123. The predicted octanol–water partition coefficient (Wildman–Crippen LogP) is 1.86. The molecule has 0 unspecified atom stereocenters. The zero-order valence-corrected chi connectivity index (χ0v) is 11.4. The zero-order valence-electron chi connectivity index (χ0n) is 10.5. The van der Waals surface area contributed by atoms with Gasteiger partial charge in [-0.2, -0.15) is 13.2 Å². The third-order valence-corrected chi connectivity index (χ3v) is 3.46. The van der Waals surface area contributed by atoms with Gasteiger partial charge in [0.2, 0.25) is 0 Å². The SMILES string of the molecule is CCN(CC)c1nc(N)c(C(=O)NCC(F)(F)F)s1. The Morgan fingerprint density at radius 1 is 1.42 bits per heavy atom. The number of aromatic nitrogens is 1. The average Bonchev–Trinajstić information content (AvgIpc) is 2.69. The minimum atomic E-state index is -4.45. The van der Waals surface area contributed by atoms with Crippen LogP contribution >= 0.6 is 11.3 Å². The van der Waals surface area contributed by atoms with E-state index in [1.807, 2.05) is 18.7 Å². The van der Waals surface area contributed by atoms with Crippen LogP contribution in [0, 0.1) is 0 Å². The fourth-order valence-electron chi connectivity index (χ4n) is 1.37. The summed E-state index contributed by atoms with van der Waals surface area (Å²) < 4.78 is 36.0. The van der Waals surface area contributed by atoms with Gasteiger partial charge in [0.1, 0.15) is 17.2 Å². The van der Waals surface area contributed by atoms with Gasteiger partial charge in [-0.3, -0.25) is 4.79 Å². The number of nitrogens with one attached hydrogen (secondary N) is 1. The van der Waals surface area contributed by atoms with Crippen molar-refractivity contribution < 1.29 is 18.0 Å². The minimum Gasteiger partial charge on any atom is -0.382 e. The van der Waals surface area contributed by atoms with Gasteiger partial charge in [-0.15, -0.1) is 0 Å². The van der Waals surface area contributed by atoms with Crippen LogP contribution in [0.4, 0.5) is 24.1 Å². The predicted molar refractivity (Wildman–Crippen MR) is 68.5 cm³/mol. The van der Waals surface area contributed by atoms with E-state index in [4.69, 9.17) is 5.73 Å². The van der Waals surface area contributed by atoms with Crippen molar-refractivity contribution in [1.82, 2.24) is 10.3 Å². The van der Waals surface area contributed by atoms with Gasteiger partial charge in [-0.1, -0.05) is 11.3 Å². The minimum absolute atomic E-state index is 0.00569. The third-order valence-electron chi connectivity index (χ3n) is 2.33. The Balaban J connectivity index is 2.81. The summed E-state index contributed by atoms with van der Waals surface area (Å²) >= 11 is 0.986. The highest BCUT2D eigenvalue weighted by Crippen LogP contribution is 2.28. The third kappa shape index (κ3) is 4.27. The molecule has 1 amide bonds. The van der Waals surface area contributed by atoms with Crippen LogP contribution in [0.1, 0.15) is 23.5 Å². The molecule has 0 aliphatic heterocycles. The van der Waals surface area contributed by atoms with Crippen LogP contribution in [0.25, 0.3) is 0 Å². The first-order valence-corrected chi connectivity index (χ1v) is 6.46. The van der Waals surface area contributed by atoms with Crippen molar-refractivity contribution in [2.45, 2.75) is 20.0 Å². The molecular weight excluding hydrogens is 281 g/mol. The van der Waals surface area contributed by atoms with Gasteiger partial charge in [0, 0.05) is 13.1 Å². The summed E-state index contributed by atoms with van der Waals surface area (Å²) in [6.07, 6.45) is -4.45. The standard InChI is InChI=1S/C10H15F3N4OS/c1-3-17(4-2)9-16-7(14)6(19-9)8(18)15-5-10(11,12)13/h3-5,14H2,1-2H3,(H,15,18). The molecular formula is C10H15F3N4OS. The Hall–Kier alpha value is -1.51. The Kier molecular flexibility index (Phi) is 4.98. The number of nitrogens with zero attached hydrogens (tertiary/aromatic N) is 2. The van der Waals surface area contributed by atoms with E-state index >= 15 is 0 Å². The number of nitrogens with two attached hydrogens (primary N) is 1. The number of hydrogen-bond donors (Lipinski definition) is 2. The molecule has 1 aromatic rings. The highest BCUT2D eigenvalue weighted by Gasteiger charge is 2.29. The summed E-state index contributed by atoms with van der Waals surface area (Å²) in [5.41, 5.74) is 5.56. The summed E-state index contributed by atoms with van der Waals surface area (Å²) in [7, 11) is 0. The van der Waals surface area contributed by atoms with Crippen LogP contribution in [0.5, 0.6) is 0 Å².